The lowest BCUT2D eigenvalue weighted by Crippen LogP contribution is -2.49. The molecule has 0 spiro atoms. The molecule has 0 radical (unpaired) electrons. The number of carbonyl (C=O) groups excluding carboxylic acids is 1. The zero-order valence-corrected chi connectivity index (χ0v) is 11.9. The smallest absolute Gasteiger partial charge is 0.244 e. The van der Waals surface area contributed by atoms with Crippen LogP contribution in [0.1, 0.15) is 34.1 Å². The average molecular weight is 290 g/mol. The summed E-state index contributed by atoms with van der Waals surface area (Å²) in [6.45, 7) is 7.09. The minimum absolute atomic E-state index is 0.270. The summed E-state index contributed by atoms with van der Waals surface area (Å²) in [6, 6.07) is 0. The number of halogens is 3. The van der Waals surface area contributed by atoms with Crippen LogP contribution in [-0.4, -0.2) is 26.1 Å². The van der Waals surface area contributed by atoms with Crippen molar-refractivity contribution in [2.45, 2.75) is 49.3 Å². The van der Waals surface area contributed by atoms with E-state index in [1.54, 1.807) is 6.92 Å². The quantitative estimate of drug-likeness (QED) is 0.698. The van der Waals surface area contributed by atoms with Gasteiger partial charge >= 0.3 is 0 Å². The summed E-state index contributed by atoms with van der Waals surface area (Å²) in [5.41, 5.74) is -1.66. The van der Waals surface area contributed by atoms with Crippen molar-refractivity contribution in [2.24, 2.45) is 5.41 Å². The van der Waals surface area contributed by atoms with Crippen LogP contribution in [0.4, 0.5) is 0 Å². The van der Waals surface area contributed by atoms with E-state index >= 15 is 0 Å². The van der Waals surface area contributed by atoms with Gasteiger partial charge in [0, 0.05) is 0 Å². The van der Waals surface area contributed by atoms with E-state index in [2.05, 4.69) is 0 Å². The molecule has 1 heterocycles. The van der Waals surface area contributed by atoms with Crippen LogP contribution >= 0.6 is 34.8 Å². The first-order chi connectivity index (χ1) is 6.83. The van der Waals surface area contributed by atoms with Crippen molar-refractivity contribution in [1.82, 2.24) is 0 Å². The van der Waals surface area contributed by atoms with Crippen molar-refractivity contribution in [3.8, 4) is 0 Å². The van der Waals surface area contributed by atoms with E-state index in [0.29, 0.717) is 0 Å². The van der Waals surface area contributed by atoms with Crippen LogP contribution in [0.25, 0.3) is 0 Å². The van der Waals surface area contributed by atoms with E-state index < -0.39 is 20.6 Å². The van der Waals surface area contributed by atoms with Gasteiger partial charge in [-0.1, -0.05) is 55.6 Å². The van der Waals surface area contributed by atoms with E-state index in [4.69, 9.17) is 39.5 Å². The summed E-state index contributed by atoms with van der Waals surface area (Å²) in [7, 11) is 0. The molecular weight excluding hydrogens is 274 g/mol. The van der Waals surface area contributed by atoms with Gasteiger partial charge < -0.3 is 9.84 Å². The Kier molecular flexibility index (Phi) is 3.38. The molecule has 1 fully saturated rings. The molecule has 3 nitrogen and oxygen atoms in total. The third kappa shape index (κ3) is 2.08. The molecule has 16 heavy (non-hydrogen) atoms. The Morgan fingerprint density at radius 3 is 1.94 bits per heavy atom. The highest BCUT2D eigenvalue weighted by molar-refractivity contribution is 6.68. The summed E-state index contributed by atoms with van der Waals surface area (Å²) in [6.07, 6.45) is -0.322. The number of rotatable bonds is 0. The summed E-state index contributed by atoms with van der Waals surface area (Å²) < 4.78 is 3.34. The number of alkyl halides is 3. The van der Waals surface area contributed by atoms with Crippen LogP contribution in [0, 0.1) is 5.41 Å². The molecule has 0 aromatic carbocycles. The largest absolute Gasteiger partial charge is 0.362 e. The summed E-state index contributed by atoms with van der Waals surface area (Å²) in [5.74, 6) is -2.33. The fourth-order valence-corrected chi connectivity index (χ4v) is 1.86. The maximum absolute atomic E-state index is 11.9. The van der Waals surface area contributed by atoms with Crippen molar-refractivity contribution in [3.05, 3.63) is 0 Å². The zero-order chi connectivity index (χ0) is 13.0. The van der Waals surface area contributed by atoms with E-state index in [9.17, 15) is 9.90 Å². The molecular formula is C10H15Cl3O3. The van der Waals surface area contributed by atoms with Crippen LogP contribution in [0.5, 0.6) is 0 Å². The first-order valence-electron chi connectivity index (χ1n) is 4.86. The Bertz CT molecular complexity index is 318. The van der Waals surface area contributed by atoms with Gasteiger partial charge in [0.25, 0.3) is 0 Å². The Hall–Kier alpha value is 0.460. The van der Waals surface area contributed by atoms with Gasteiger partial charge in [0.1, 0.15) is 5.60 Å². The third-order valence-corrected chi connectivity index (χ3v) is 4.07. The van der Waals surface area contributed by atoms with E-state index in [-0.39, 0.29) is 12.2 Å². The standard InChI is InChI=1S/C10H15Cl3O3/c1-7(2,3)8(4)6(14)5-9(15,16-8)10(11,12)13/h15H,5H2,1-4H3/t8-,9+/m0/s1. The Morgan fingerprint density at radius 2 is 1.75 bits per heavy atom. The predicted molar refractivity (Wildman–Crippen MR) is 63.8 cm³/mol. The van der Waals surface area contributed by atoms with Gasteiger partial charge in [0.05, 0.1) is 6.42 Å². The molecule has 1 N–H and O–H groups in total. The highest BCUT2D eigenvalue weighted by atomic mass is 35.6. The highest BCUT2D eigenvalue weighted by Crippen LogP contribution is 2.52. The van der Waals surface area contributed by atoms with E-state index in [1.165, 1.54) is 0 Å². The maximum Gasteiger partial charge on any atom is 0.244 e. The van der Waals surface area contributed by atoms with Crippen molar-refractivity contribution in [1.29, 1.82) is 0 Å². The van der Waals surface area contributed by atoms with Crippen LogP contribution in [0.3, 0.4) is 0 Å². The normalized spacial score (nSPS) is 36.9. The second kappa shape index (κ2) is 3.72. The Labute approximate surface area is 110 Å². The Morgan fingerprint density at radius 1 is 1.31 bits per heavy atom. The molecule has 1 aliphatic rings. The summed E-state index contributed by atoms with van der Waals surface area (Å²) >= 11 is 16.9. The number of hydrogen-bond acceptors (Lipinski definition) is 3. The fraction of sp³-hybridized carbons (Fsp3) is 0.900. The molecule has 1 saturated heterocycles. The van der Waals surface area contributed by atoms with Gasteiger partial charge in [-0.2, -0.15) is 0 Å². The molecule has 1 aliphatic heterocycles. The molecule has 0 bridgehead atoms. The molecule has 0 unspecified atom stereocenters. The first kappa shape index (κ1) is 14.5. The molecule has 0 aromatic rings. The third-order valence-electron chi connectivity index (χ3n) is 3.18. The van der Waals surface area contributed by atoms with E-state index in [1.807, 2.05) is 20.8 Å². The molecule has 94 valence electrons. The maximum atomic E-state index is 11.9. The fourth-order valence-electron chi connectivity index (χ4n) is 1.55. The minimum atomic E-state index is -2.06. The molecule has 6 heteroatoms. The highest BCUT2D eigenvalue weighted by Gasteiger charge is 2.64. The van der Waals surface area contributed by atoms with Crippen molar-refractivity contribution in [3.63, 3.8) is 0 Å². The zero-order valence-electron chi connectivity index (χ0n) is 9.60. The number of aliphatic hydroxyl groups is 1. The van der Waals surface area contributed by atoms with Crippen LogP contribution < -0.4 is 0 Å². The van der Waals surface area contributed by atoms with E-state index in [0.717, 1.165) is 0 Å². The Balaban J connectivity index is 3.13. The second-order valence-electron chi connectivity index (χ2n) is 5.27. The van der Waals surface area contributed by atoms with Gasteiger partial charge in [-0.15, -0.1) is 0 Å². The number of carbonyl (C=O) groups is 1. The lowest BCUT2D eigenvalue weighted by molar-refractivity contribution is -0.237. The molecule has 0 saturated carbocycles. The predicted octanol–water partition coefficient (Wildman–Crippen LogP) is 2.84. The number of Topliss-reactive ketones (excluding diaryl/α,β-unsaturated/α-hetero) is 1. The topological polar surface area (TPSA) is 46.5 Å². The minimum Gasteiger partial charge on any atom is -0.362 e. The molecule has 2 atom stereocenters. The van der Waals surface area contributed by atoms with Gasteiger partial charge in [-0.3, -0.25) is 4.79 Å². The number of hydrogen-bond donors (Lipinski definition) is 1. The summed E-state index contributed by atoms with van der Waals surface area (Å²) in [4.78, 5) is 11.9. The number of ketones is 1. The van der Waals surface area contributed by atoms with Gasteiger partial charge in [0.15, 0.2) is 5.78 Å². The monoisotopic (exact) mass is 288 g/mol. The van der Waals surface area contributed by atoms with Crippen LogP contribution in [0.15, 0.2) is 0 Å². The SMILES string of the molecule is CC(C)(C)[C@@]1(C)O[C@@](O)(C(Cl)(Cl)Cl)CC1=O. The van der Waals surface area contributed by atoms with Crippen molar-refractivity contribution >= 4 is 40.6 Å². The summed E-state index contributed by atoms with van der Waals surface area (Å²) in [5, 5.41) is 10.1. The van der Waals surface area contributed by atoms with Gasteiger partial charge in [0.2, 0.25) is 9.58 Å². The molecule has 0 aliphatic carbocycles. The van der Waals surface area contributed by atoms with Crippen molar-refractivity contribution in [2.75, 3.05) is 0 Å². The lowest BCUT2D eigenvalue weighted by atomic mass is 9.75. The first-order valence-corrected chi connectivity index (χ1v) is 5.99. The second-order valence-corrected chi connectivity index (χ2v) is 7.55. The van der Waals surface area contributed by atoms with Gasteiger partial charge in [-0.25, -0.2) is 0 Å². The van der Waals surface area contributed by atoms with Gasteiger partial charge in [-0.05, 0) is 12.3 Å². The van der Waals surface area contributed by atoms with Crippen molar-refractivity contribution < 1.29 is 14.6 Å². The molecule has 0 aromatic heterocycles. The van der Waals surface area contributed by atoms with Crippen LogP contribution in [0.2, 0.25) is 0 Å². The average Bonchev–Trinajstić information content (AvgIpc) is 2.21. The van der Waals surface area contributed by atoms with Crippen LogP contribution in [-0.2, 0) is 9.53 Å². The molecule has 1 rings (SSSR count). The lowest BCUT2D eigenvalue weighted by Gasteiger charge is -2.39. The molecule has 0 amide bonds. The number of ether oxygens (including phenoxy) is 1.